The first-order chi connectivity index (χ1) is 12.2. The van der Waals surface area contributed by atoms with Gasteiger partial charge in [-0.1, -0.05) is 5.16 Å². The molecule has 0 amide bonds. The summed E-state index contributed by atoms with van der Waals surface area (Å²) in [5.41, 5.74) is 9.71. The van der Waals surface area contributed by atoms with Crippen molar-refractivity contribution in [2.45, 2.75) is 19.9 Å². The van der Waals surface area contributed by atoms with Gasteiger partial charge in [-0.25, -0.2) is 4.98 Å². The van der Waals surface area contributed by atoms with Crippen LogP contribution in [0.15, 0.2) is 41.1 Å². The Morgan fingerprint density at radius 2 is 2.12 bits per heavy atom. The number of fused-ring (bicyclic) bond motifs is 1. The first kappa shape index (κ1) is 15.4. The Hall–Kier alpha value is -3.13. The van der Waals surface area contributed by atoms with Crippen molar-refractivity contribution in [1.29, 1.82) is 0 Å². The number of hydrogen-bond donors (Lipinski definition) is 2. The first-order valence-electron chi connectivity index (χ1n) is 7.96. The molecule has 4 rings (SSSR count). The summed E-state index contributed by atoms with van der Waals surface area (Å²) in [6.45, 7) is 4.23. The Kier molecular flexibility index (Phi) is 3.73. The molecule has 8 nitrogen and oxygen atoms in total. The van der Waals surface area contributed by atoms with Gasteiger partial charge in [-0.15, -0.1) is 5.53 Å². The molecule has 3 heterocycles. The van der Waals surface area contributed by atoms with Gasteiger partial charge in [0.2, 0.25) is 5.82 Å². The van der Waals surface area contributed by atoms with Gasteiger partial charge < -0.3 is 14.7 Å². The van der Waals surface area contributed by atoms with Gasteiger partial charge >= 0.3 is 0 Å². The van der Waals surface area contributed by atoms with E-state index in [2.05, 4.69) is 44.9 Å². The lowest BCUT2D eigenvalue weighted by Gasteiger charge is -2.21. The second-order valence-electron chi connectivity index (χ2n) is 5.91. The smallest absolute Gasteiger partial charge is 0.280 e. The molecule has 3 aromatic rings. The number of rotatable bonds is 4. The maximum atomic E-state index is 5.38. The average molecular weight is 338 g/mol. The number of nitrogens with one attached hydrogen (secondary N) is 2. The van der Waals surface area contributed by atoms with Crippen LogP contribution in [-0.2, 0) is 0 Å². The number of hydrazine groups is 2. The molecule has 0 fully saturated rings. The molecule has 0 bridgehead atoms. The predicted molar refractivity (Wildman–Crippen MR) is 93.9 cm³/mol. The van der Waals surface area contributed by atoms with Crippen LogP contribution in [0.1, 0.15) is 13.8 Å². The van der Waals surface area contributed by atoms with Crippen molar-refractivity contribution in [2.75, 3.05) is 17.5 Å². The molecule has 0 radical (unpaired) electrons. The molecule has 1 aliphatic heterocycles. The summed E-state index contributed by atoms with van der Waals surface area (Å²) in [6.07, 6.45) is 1.66. The molecule has 8 heteroatoms. The van der Waals surface area contributed by atoms with Crippen LogP contribution in [0.3, 0.4) is 0 Å². The van der Waals surface area contributed by atoms with Crippen molar-refractivity contribution < 1.29 is 9.26 Å². The van der Waals surface area contributed by atoms with E-state index < -0.39 is 0 Å². The highest BCUT2D eigenvalue weighted by Gasteiger charge is 2.22. The van der Waals surface area contributed by atoms with Crippen LogP contribution in [0.4, 0.5) is 11.4 Å². The number of hydrogen-bond acceptors (Lipinski definition) is 8. The second kappa shape index (κ2) is 6.06. The Balaban J connectivity index is 1.67. The summed E-state index contributed by atoms with van der Waals surface area (Å²) in [4.78, 5) is 8.72. The lowest BCUT2D eigenvalue weighted by atomic mass is 10.1. The van der Waals surface area contributed by atoms with Crippen LogP contribution < -0.4 is 20.7 Å². The van der Waals surface area contributed by atoms with Gasteiger partial charge in [0.25, 0.3) is 5.89 Å². The van der Waals surface area contributed by atoms with E-state index >= 15 is 0 Å². The highest BCUT2D eigenvalue weighted by Crippen LogP contribution is 2.34. The molecule has 25 heavy (non-hydrogen) atoms. The van der Waals surface area contributed by atoms with E-state index in [4.69, 9.17) is 9.26 Å². The van der Waals surface area contributed by atoms with E-state index in [1.54, 1.807) is 25.4 Å². The lowest BCUT2D eigenvalue weighted by molar-refractivity contribution is 0.403. The largest absolute Gasteiger partial charge is 0.494 e. The highest BCUT2D eigenvalue weighted by atomic mass is 16.5. The normalized spacial score (nSPS) is 13.0. The predicted octanol–water partition coefficient (Wildman–Crippen LogP) is 2.87. The summed E-state index contributed by atoms with van der Waals surface area (Å²) in [7, 11) is 1.58. The summed E-state index contributed by atoms with van der Waals surface area (Å²) in [5.74, 6) is 1.41. The summed E-state index contributed by atoms with van der Waals surface area (Å²) < 4.78 is 10.7. The third kappa shape index (κ3) is 2.66. The fourth-order valence-electron chi connectivity index (χ4n) is 2.73. The Labute approximate surface area is 144 Å². The van der Waals surface area contributed by atoms with Gasteiger partial charge in [0.05, 0.1) is 18.5 Å². The van der Waals surface area contributed by atoms with Gasteiger partial charge in [0, 0.05) is 17.8 Å². The SMILES string of the molecule is COc1cccnc1-c1nc(-c2ccc3c(c2)NNN3C(C)C)no1. The molecule has 128 valence electrons. The minimum Gasteiger partial charge on any atom is -0.494 e. The van der Waals surface area contributed by atoms with Crippen LogP contribution in [0, 0.1) is 0 Å². The summed E-state index contributed by atoms with van der Waals surface area (Å²) in [5, 5.41) is 6.13. The number of ether oxygens (including phenoxy) is 1. The Morgan fingerprint density at radius 3 is 2.92 bits per heavy atom. The van der Waals surface area contributed by atoms with Crippen molar-refractivity contribution >= 4 is 11.4 Å². The zero-order valence-electron chi connectivity index (χ0n) is 14.1. The molecular weight excluding hydrogens is 320 g/mol. The first-order valence-corrected chi connectivity index (χ1v) is 7.96. The number of methoxy groups -OCH3 is 1. The van der Waals surface area contributed by atoms with E-state index in [9.17, 15) is 0 Å². The highest BCUT2D eigenvalue weighted by molar-refractivity contribution is 5.78. The zero-order chi connectivity index (χ0) is 17.4. The van der Waals surface area contributed by atoms with E-state index in [1.165, 1.54) is 0 Å². The van der Waals surface area contributed by atoms with Crippen LogP contribution in [0.5, 0.6) is 5.75 Å². The second-order valence-corrected chi connectivity index (χ2v) is 5.91. The lowest BCUT2D eigenvalue weighted by Crippen LogP contribution is -2.41. The molecule has 2 aromatic heterocycles. The third-order valence-corrected chi connectivity index (χ3v) is 3.96. The fraction of sp³-hybridized carbons (Fsp3) is 0.235. The number of pyridine rings is 1. The van der Waals surface area contributed by atoms with Crippen LogP contribution in [-0.4, -0.2) is 28.3 Å². The molecular formula is C17H18N6O2. The van der Waals surface area contributed by atoms with Crippen molar-refractivity contribution in [3.63, 3.8) is 0 Å². The quantitative estimate of drug-likeness (QED) is 0.751. The van der Waals surface area contributed by atoms with E-state index in [0.29, 0.717) is 29.2 Å². The van der Waals surface area contributed by atoms with Crippen molar-refractivity contribution in [3.8, 4) is 28.7 Å². The van der Waals surface area contributed by atoms with Crippen molar-refractivity contribution in [2.24, 2.45) is 0 Å². The van der Waals surface area contributed by atoms with E-state index in [-0.39, 0.29) is 0 Å². The molecule has 1 aromatic carbocycles. The van der Waals surface area contributed by atoms with E-state index in [1.807, 2.05) is 18.2 Å². The zero-order valence-corrected chi connectivity index (χ0v) is 14.1. The minimum absolute atomic E-state index is 0.322. The average Bonchev–Trinajstić information content (AvgIpc) is 3.28. The molecule has 0 saturated carbocycles. The Morgan fingerprint density at radius 1 is 1.24 bits per heavy atom. The number of nitrogens with zero attached hydrogens (tertiary/aromatic N) is 4. The third-order valence-electron chi connectivity index (χ3n) is 3.96. The summed E-state index contributed by atoms with van der Waals surface area (Å²) in [6, 6.07) is 9.89. The summed E-state index contributed by atoms with van der Waals surface area (Å²) >= 11 is 0. The molecule has 0 aliphatic carbocycles. The number of aromatic nitrogens is 3. The van der Waals surface area contributed by atoms with Gasteiger partial charge in [-0.3, -0.25) is 5.01 Å². The molecule has 0 unspecified atom stereocenters. The number of benzene rings is 1. The fourth-order valence-corrected chi connectivity index (χ4v) is 2.73. The van der Waals surface area contributed by atoms with Crippen LogP contribution in [0.25, 0.3) is 23.0 Å². The van der Waals surface area contributed by atoms with E-state index in [0.717, 1.165) is 16.9 Å². The molecule has 0 atom stereocenters. The monoisotopic (exact) mass is 338 g/mol. The van der Waals surface area contributed by atoms with Gasteiger partial charge in [-0.05, 0) is 44.2 Å². The Bertz CT molecular complexity index is 908. The minimum atomic E-state index is 0.322. The van der Waals surface area contributed by atoms with Gasteiger partial charge in [0.1, 0.15) is 5.75 Å². The topological polar surface area (TPSA) is 88.3 Å². The van der Waals surface area contributed by atoms with Gasteiger partial charge in [0.15, 0.2) is 5.69 Å². The maximum Gasteiger partial charge on any atom is 0.280 e. The van der Waals surface area contributed by atoms with Crippen molar-refractivity contribution in [1.82, 2.24) is 20.7 Å². The van der Waals surface area contributed by atoms with Crippen LogP contribution >= 0.6 is 0 Å². The van der Waals surface area contributed by atoms with Crippen molar-refractivity contribution in [3.05, 3.63) is 36.5 Å². The standard InChI is InChI=1S/C17H18N6O2/c1-10(2)23-13-7-6-11(9-12(13)20-22-23)16-19-17(25-21-16)15-14(24-3)5-4-8-18-15/h4-10,20,22H,1-3H3. The maximum absolute atomic E-state index is 5.38. The number of anilines is 2. The molecule has 2 N–H and O–H groups in total. The van der Waals surface area contributed by atoms with Crippen LogP contribution in [0.2, 0.25) is 0 Å². The molecule has 0 spiro atoms. The van der Waals surface area contributed by atoms with Gasteiger partial charge in [-0.2, -0.15) is 4.98 Å². The molecule has 1 aliphatic rings. The molecule has 0 saturated heterocycles.